The van der Waals surface area contributed by atoms with E-state index in [-0.39, 0.29) is 23.6 Å². The maximum atomic E-state index is 13.0. The summed E-state index contributed by atoms with van der Waals surface area (Å²) in [7, 11) is 0. The van der Waals surface area contributed by atoms with Crippen molar-refractivity contribution in [3.05, 3.63) is 66.2 Å². The van der Waals surface area contributed by atoms with E-state index in [0.29, 0.717) is 12.8 Å². The zero-order valence-electron chi connectivity index (χ0n) is 12.2. The van der Waals surface area contributed by atoms with Crippen molar-refractivity contribution in [1.82, 2.24) is 10.5 Å². The van der Waals surface area contributed by atoms with Crippen LogP contribution in [-0.2, 0) is 4.79 Å². The van der Waals surface area contributed by atoms with Crippen molar-refractivity contribution in [3.63, 3.8) is 0 Å². The van der Waals surface area contributed by atoms with Crippen molar-refractivity contribution in [1.29, 1.82) is 0 Å². The van der Waals surface area contributed by atoms with Crippen LogP contribution in [0.3, 0.4) is 0 Å². The molecule has 2 atom stereocenters. The van der Waals surface area contributed by atoms with Gasteiger partial charge in [0.15, 0.2) is 0 Å². The van der Waals surface area contributed by atoms with Gasteiger partial charge in [-0.3, -0.25) is 15.0 Å². The lowest BCUT2D eigenvalue weighted by Crippen LogP contribution is -2.26. The second-order valence-corrected chi connectivity index (χ2v) is 5.27. The van der Waals surface area contributed by atoms with Crippen LogP contribution in [0.1, 0.15) is 30.7 Å². The number of benzene rings is 1. The number of pyridine rings is 1. The summed E-state index contributed by atoms with van der Waals surface area (Å²) in [6.45, 7) is 0. The molecule has 1 aromatic carbocycles. The van der Waals surface area contributed by atoms with Gasteiger partial charge in [-0.15, -0.1) is 0 Å². The Hall–Kier alpha value is -2.27. The average molecular weight is 302 g/mol. The SMILES string of the molecule is O=C(NO)C1CCC(c2cncc(F)c2)C1.c1ccccc1. The number of nitrogens with zero attached hydrogens (tertiary/aromatic N) is 1. The molecule has 1 heterocycles. The molecule has 0 spiro atoms. The lowest BCUT2D eigenvalue weighted by Gasteiger charge is -2.10. The van der Waals surface area contributed by atoms with Gasteiger partial charge < -0.3 is 0 Å². The Morgan fingerprint density at radius 1 is 1.14 bits per heavy atom. The number of halogens is 1. The minimum absolute atomic E-state index is 0.158. The Bertz CT molecular complexity index is 566. The minimum Gasteiger partial charge on any atom is -0.289 e. The number of hydrogen-bond donors (Lipinski definition) is 2. The molecule has 0 saturated heterocycles. The Kier molecular flexibility index (Phi) is 6.03. The molecule has 3 rings (SSSR count). The van der Waals surface area contributed by atoms with E-state index in [1.54, 1.807) is 11.7 Å². The largest absolute Gasteiger partial charge is 0.289 e. The lowest BCUT2D eigenvalue weighted by molar-refractivity contribution is -0.133. The number of carbonyl (C=O) groups is 1. The molecule has 1 amide bonds. The molecule has 1 aliphatic carbocycles. The molecule has 5 heteroatoms. The Morgan fingerprint density at radius 2 is 1.77 bits per heavy atom. The van der Waals surface area contributed by atoms with Crippen LogP contribution in [0.25, 0.3) is 0 Å². The molecule has 2 N–H and O–H groups in total. The van der Waals surface area contributed by atoms with Gasteiger partial charge in [0.1, 0.15) is 5.82 Å². The van der Waals surface area contributed by atoms with Gasteiger partial charge in [-0.05, 0) is 36.8 Å². The molecular formula is C17H19FN2O2. The van der Waals surface area contributed by atoms with Crippen molar-refractivity contribution >= 4 is 5.91 Å². The van der Waals surface area contributed by atoms with Gasteiger partial charge in [-0.2, -0.15) is 0 Å². The Labute approximate surface area is 129 Å². The molecule has 1 aromatic heterocycles. The predicted molar refractivity (Wildman–Crippen MR) is 80.6 cm³/mol. The quantitative estimate of drug-likeness (QED) is 0.661. The van der Waals surface area contributed by atoms with Gasteiger partial charge in [0.2, 0.25) is 5.91 Å². The van der Waals surface area contributed by atoms with Crippen LogP contribution >= 0.6 is 0 Å². The van der Waals surface area contributed by atoms with E-state index >= 15 is 0 Å². The smallest absolute Gasteiger partial charge is 0.246 e. The normalized spacial score (nSPS) is 19.9. The lowest BCUT2D eigenvalue weighted by atomic mass is 9.98. The van der Waals surface area contributed by atoms with Crippen molar-refractivity contribution in [2.45, 2.75) is 25.2 Å². The van der Waals surface area contributed by atoms with Crippen molar-refractivity contribution in [2.24, 2.45) is 5.92 Å². The number of hydrogen-bond acceptors (Lipinski definition) is 3. The molecule has 2 unspecified atom stereocenters. The Balaban J connectivity index is 0.000000246. The first kappa shape index (κ1) is 16.1. The third kappa shape index (κ3) is 4.63. The van der Waals surface area contributed by atoms with Gasteiger partial charge in [-0.25, -0.2) is 9.87 Å². The fourth-order valence-electron chi connectivity index (χ4n) is 2.65. The molecule has 22 heavy (non-hydrogen) atoms. The number of rotatable bonds is 2. The molecule has 1 saturated carbocycles. The van der Waals surface area contributed by atoms with Crippen molar-refractivity contribution in [2.75, 3.05) is 0 Å². The van der Waals surface area contributed by atoms with E-state index in [1.165, 1.54) is 6.07 Å². The average Bonchev–Trinajstić information content (AvgIpc) is 3.06. The molecule has 116 valence electrons. The van der Waals surface area contributed by atoms with E-state index in [9.17, 15) is 9.18 Å². The zero-order valence-corrected chi connectivity index (χ0v) is 12.2. The minimum atomic E-state index is -0.355. The summed E-state index contributed by atoms with van der Waals surface area (Å²) in [5.41, 5.74) is 2.49. The van der Waals surface area contributed by atoms with E-state index < -0.39 is 0 Å². The molecule has 0 aliphatic heterocycles. The summed E-state index contributed by atoms with van der Waals surface area (Å²) in [5.74, 6) is -0.733. The van der Waals surface area contributed by atoms with Crippen molar-refractivity contribution in [3.8, 4) is 0 Å². The van der Waals surface area contributed by atoms with Crippen LogP contribution in [-0.4, -0.2) is 16.1 Å². The number of hydroxylamine groups is 1. The maximum Gasteiger partial charge on any atom is 0.246 e. The Morgan fingerprint density at radius 3 is 2.32 bits per heavy atom. The fraction of sp³-hybridized carbons (Fsp3) is 0.294. The second-order valence-electron chi connectivity index (χ2n) is 5.27. The predicted octanol–water partition coefficient (Wildman–Crippen LogP) is 3.30. The topological polar surface area (TPSA) is 62.2 Å². The summed E-state index contributed by atoms with van der Waals surface area (Å²) >= 11 is 0. The van der Waals surface area contributed by atoms with Crippen molar-refractivity contribution < 1.29 is 14.4 Å². The number of aromatic nitrogens is 1. The molecular weight excluding hydrogens is 283 g/mol. The number of nitrogens with one attached hydrogen (secondary N) is 1. The number of carbonyl (C=O) groups excluding carboxylic acids is 1. The van der Waals surface area contributed by atoms with Gasteiger partial charge in [0.05, 0.1) is 6.20 Å². The highest BCUT2D eigenvalue weighted by Crippen LogP contribution is 2.38. The van der Waals surface area contributed by atoms with Crippen LogP contribution in [0.2, 0.25) is 0 Å². The van der Waals surface area contributed by atoms with Crippen LogP contribution in [0.4, 0.5) is 4.39 Å². The highest BCUT2D eigenvalue weighted by Gasteiger charge is 2.30. The maximum absolute atomic E-state index is 13.0. The zero-order chi connectivity index (χ0) is 15.8. The third-order valence-corrected chi connectivity index (χ3v) is 3.78. The fourth-order valence-corrected chi connectivity index (χ4v) is 2.65. The summed E-state index contributed by atoms with van der Waals surface area (Å²) in [5, 5.41) is 8.52. The molecule has 2 aromatic rings. The van der Waals surface area contributed by atoms with Gasteiger partial charge >= 0.3 is 0 Å². The highest BCUT2D eigenvalue weighted by molar-refractivity contribution is 5.77. The van der Waals surface area contributed by atoms with Crippen LogP contribution in [0.5, 0.6) is 0 Å². The van der Waals surface area contributed by atoms with Crippen LogP contribution in [0, 0.1) is 11.7 Å². The van der Waals surface area contributed by atoms with E-state index in [0.717, 1.165) is 18.2 Å². The first-order valence-electron chi connectivity index (χ1n) is 7.25. The number of amides is 1. The first-order valence-corrected chi connectivity index (χ1v) is 7.25. The van der Waals surface area contributed by atoms with Crippen LogP contribution < -0.4 is 5.48 Å². The molecule has 4 nitrogen and oxygen atoms in total. The van der Waals surface area contributed by atoms with E-state index in [4.69, 9.17) is 5.21 Å². The monoisotopic (exact) mass is 302 g/mol. The van der Waals surface area contributed by atoms with E-state index in [2.05, 4.69) is 4.98 Å². The van der Waals surface area contributed by atoms with Gasteiger partial charge in [-0.1, -0.05) is 36.4 Å². The van der Waals surface area contributed by atoms with Crippen LogP contribution in [0.15, 0.2) is 54.9 Å². The molecule has 1 aliphatic rings. The summed E-state index contributed by atoms with van der Waals surface area (Å²) in [6, 6.07) is 13.5. The molecule has 0 bridgehead atoms. The molecule has 0 radical (unpaired) electrons. The summed E-state index contributed by atoms with van der Waals surface area (Å²) < 4.78 is 13.0. The van der Waals surface area contributed by atoms with Gasteiger partial charge in [0.25, 0.3) is 0 Å². The van der Waals surface area contributed by atoms with Gasteiger partial charge in [0, 0.05) is 12.1 Å². The highest BCUT2D eigenvalue weighted by atomic mass is 19.1. The van der Waals surface area contributed by atoms with E-state index in [1.807, 2.05) is 36.4 Å². The summed E-state index contributed by atoms with van der Waals surface area (Å²) in [4.78, 5) is 15.0. The first-order chi connectivity index (χ1) is 10.7. The molecule has 1 fully saturated rings. The standard InChI is InChI=1S/C11H13FN2O2.C6H6/c12-10-4-9(5-13-6-10)7-1-2-8(3-7)11(15)14-16;1-2-4-6-5-3-1/h4-8,16H,1-3H2,(H,14,15);1-6H. The summed E-state index contributed by atoms with van der Waals surface area (Å²) in [6.07, 6.45) is 4.97. The second kappa shape index (κ2) is 8.24. The third-order valence-electron chi connectivity index (χ3n) is 3.78.